The van der Waals surface area contributed by atoms with Gasteiger partial charge in [-0.1, -0.05) is 30.3 Å². The molecule has 1 aromatic heterocycles. The number of nitrogens with zero attached hydrogens (tertiary/aromatic N) is 3. The highest BCUT2D eigenvalue weighted by atomic mass is 16.5. The molecule has 7 nitrogen and oxygen atoms in total. The summed E-state index contributed by atoms with van der Waals surface area (Å²) < 4.78 is 4.76. The minimum atomic E-state index is -0.519. The zero-order chi connectivity index (χ0) is 20.4. The van der Waals surface area contributed by atoms with Crippen molar-refractivity contribution in [2.45, 2.75) is 19.4 Å². The van der Waals surface area contributed by atoms with Crippen LogP contribution in [0.3, 0.4) is 0 Å². The molecule has 0 fully saturated rings. The second-order valence-electron chi connectivity index (χ2n) is 6.81. The van der Waals surface area contributed by atoms with Crippen LogP contribution in [0.1, 0.15) is 33.2 Å². The van der Waals surface area contributed by atoms with Gasteiger partial charge in [0.2, 0.25) is 5.95 Å². The minimum absolute atomic E-state index is 0.235. The van der Waals surface area contributed by atoms with Crippen LogP contribution in [0.15, 0.2) is 60.9 Å². The maximum absolute atomic E-state index is 12.6. The Bertz CT molecular complexity index is 1070. The van der Waals surface area contributed by atoms with Crippen LogP contribution in [0.5, 0.6) is 0 Å². The van der Waals surface area contributed by atoms with Crippen LogP contribution in [-0.4, -0.2) is 35.0 Å². The first kappa shape index (κ1) is 18.6. The van der Waals surface area contributed by atoms with E-state index in [1.54, 1.807) is 24.3 Å². The van der Waals surface area contributed by atoms with Gasteiger partial charge < -0.3 is 15.0 Å². The molecular weight excluding hydrogens is 368 g/mol. The van der Waals surface area contributed by atoms with Crippen LogP contribution in [-0.2, 0) is 11.2 Å². The van der Waals surface area contributed by atoms with E-state index < -0.39 is 11.9 Å². The van der Waals surface area contributed by atoms with E-state index in [2.05, 4.69) is 33.2 Å². The molecule has 3 aromatic rings. The van der Waals surface area contributed by atoms with E-state index in [1.165, 1.54) is 25.1 Å². The third-order valence-electron chi connectivity index (χ3n) is 4.90. The number of methoxy groups -OCH3 is 1. The van der Waals surface area contributed by atoms with Crippen LogP contribution in [0.2, 0.25) is 0 Å². The van der Waals surface area contributed by atoms with Crippen molar-refractivity contribution in [3.8, 4) is 0 Å². The van der Waals surface area contributed by atoms with E-state index in [0.717, 1.165) is 12.1 Å². The molecule has 0 bridgehead atoms. The molecule has 1 atom stereocenters. The average molecular weight is 388 g/mol. The molecule has 0 aliphatic carbocycles. The second kappa shape index (κ2) is 7.71. The summed E-state index contributed by atoms with van der Waals surface area (Å²) in [5.74, 6) is -0.370. The van der Waals surface area contributed by atoms with E-state index in [0.29, 0.717) is 17.2 Å². The van der Waals surface area contributed by atoms with Gasteiger partial charge in [-0.3, -0.25) is 4.79 Å². The SMILES string of the molecule is COC(=O)c1ccccc1NC(=O)c1cnc(N2c3ccccc3CC2C)nc1. The Hall–Kier alpha value is -3.74. The Morgan fingerprint density at radius 1 is 1.07 bits per heavy atom. The van der Waals surface area contributed by atoms with E-state index in [-0.39, 0.29) is 11.6 Å². The molecule has 1 aliphatic heterocycles. The molecule has 0 radical (unpaired) electrons. The Balaban J connectivity index is 1.55. The van der Waals surface area contributed by atoms with Gasteiger partial charge in [-0.2, -0.15) is 0 Å². The number of aromatic nitrogens is 2. The lowest BCUT2D eigenvalue weighted by Crippen LogP contribution is -2.26. The van der Waals surface area contributed by atoms with Gasteiger partial charge in [0.05, 0.1) is 23.9 Å². The van der Waals surface area contributed by atoms with E-state index >= 15 is 0 Å². The summed E-state index contributed by atoms with van der Waals surface area (Å²) >= 11 is 0. The number of hydrogen-bond acceptors (Lipinski definition) is 6. The lowest BCUT2D eigenvalue weighted by Gasteiger charge is -2.22. The first-order chi connectivity index (χ1) is 14.1. The Kier molecular flexibility index (Phi) is 4.95. The molecule has 146 valence electrons. The van der Waals surface area contributed by atoms with Gasteiger partial charge in [0, 0.05) is 24.1 Å². The summed E-state index contributed by atoms with van der Waals surface area (Å²) in [6.07, 6.45) is 3.91. The summed E-state index contributed by atoms with van der Waals surface area (Å²) in [6, 6.07) is 15.1. The molecule has 2 aromatic carbocycles. The van der Waals surface area contributed by atoms with Crippen molar-refractivity contribution in [2.24, 2.45) is 0 Å². The smallest absolute Gasteiger partial charge is 0.339 e. The lowest BCUT2D eigenvalue weighted by atomic mass is 10.1. The van der Waals surface area contributed by atoms with Crippen LogP contribution >= 0.6 is 0 Å². The van der Waals surface area contributed by atoms with Gasteiger partial charge in [-0.15, -0.1) is 0 Å². The Morgan fingerprint density at radius 3 is 2.52 bits per heavy atom. The third kappa shape index (κ3) is 3.54. The van der Waals surface area contributed by atoms with E-state index in [1.807, 2.05) is 18.2 Å². The molecule has 0 saturated heterocycles. The van der Waals surface area contributed by atoms with Gasteiger partial charge >= 0.3 is 5.97 Å². The number of esters is 1. The van der Waals surface area contributed by atoms with Gasteiger partial charge in [-0.25, -0.2) is 14.8 Å². The van der Waals surface area contributed by atoms with Gasteiger partial charge in [0.15, 0.2) is 0 Å². The highest BCUT2D eigenvalue weighted by molar-refractivity contribution is 6.07. The van der Waals surface area contributed by atoms with Crippen molar-refractivity contribution in [3.63, 3.8) is 0 Å². The standard InChI is InChI=1S/C22H20N4O3/c1-14-11-15-7-3-6-10-19(15)26(14)22-23-12-16(13-24-22)20(27)25-18-9-5-4-8-17(18)21(28)29-2/h3-10,12-14H,11H2,1-2H3,(H,25,27). The number of anilines is 3. The van der Waals surface area contributed by atoms with Crippen molar-refractivity contribution in [1.29, 1.82) is 0 Å². The molecule has 1 amide bonds. The molecule has 7 heteroatoms. The summed E-state index contributed by atoms with van der Waals surface area (Å²) in [7, 11) is 1.30. The predicted molar refractivity (Wildman–Crippen MR) is 110 cm³/mol. The second-order valence-corrected chi connectivity index (χ2v) is 6.81. The third-order valence-corrected chi connectivity index (χ3v) is 4.90. The predicted octanol–water partition coefficient (Wildman–Crippen LogP) is 3.60. The molecule has 0 saturated carbocycles. The van der Waals surface area contributed by atoms with Crippen molar-refractivity contribution in [3.05, 3.63) is 77.6 Å². The fourth-order valence-corrected chi connectivity index (χ4v) is 3.51. The van der Waals surface area contributed by atoms with Crippen molar-refractivity contribution >= 4 is 29.2 Å². The number of carbonyl (C=O) groups excluding carboxylic acids is 2. The van der Waals surface area contributed by atoms with Crippen LogP contribution in [0, 0.1) is 0 Å². The molecule has 1 unspecified atom stereocenters. The molecule has 0 spiro atoms. The Labute approximate surface area is 168 Å². The number of carbonyl (C=O) groups is 2. The molecule has 2 heterocycles. The number of para-hydroxylation sites is 2. The number of amides is 1. The van der Waals surface area contributed by atoms with Crippen molar-refractivity contribution < 1.29 is 14.3 Å². The molecule has 1 N–H and O–H groups in total. The normalized spacial score (nSPS) is 15.0. The van der Waals surface area contributed by atoms with E-state index in [9.17, 15) is 9.59 Å². The fourth-order valence-electron chi connectivity index (χ4n) is 3.51. The average Bonchev–Trinajstić information content (AvgIpc) is 3.09. The van der Waals surface area contributed by atoms with Gasteiger partial charge in [0.25, 0.3) is 5.91 Å². The highest BCUT2D eigenvalue weighted by Gasteiger charge is 2.28. The first-order valence-electron chi connectivity index (χ1n) is 9.26. The monoisotopic (exact) mass is 388 g/mol. The molecule has 29 heavy (non-hydrogen) atoms. The number of ether oxygens (including phenoxy) is 1. The minimum Gasteiger partial charge on any atom is -0.465 e. The van der Waals surface area contributed by atoms with Gasteiger partial charge in [-0.05, 0) is 37.1 Å². The number of nitrogens with one attached hydrogen (secondary N) is 1. The zero-order valence-electron chi connectivity index (χ0n) is 16.1. The number of hydrogen-bond donors (Lipinski definition) is 1. The van der Waals surface area contributed by atoms with Crippen molar-refractivity contribution in [2.75, 3.05) is 17.3 Å². The molecular formula is C22H20N4O3. The maximum Gasteiger partial charge on any atom is 0.339 e. The summed E-state index contributed by atoms with van der Waals surface area (Å²) in [5, 5.41) is 2.72. The lowest BCUT2D eigenvalue weighted by molar-refractivity contribution is 0.0602. The van der Waals surface area contributed by atoms with E-state index in [4.69, 9.17) is 4.74 Å². The van der Waals surface area contributed by atoms with Gasteiger partial charge in [0.1, 0.15) is 0 Å². The molecule has 1 aliphatic rings. The largest absolute Gasteiger partial charge is 0.465 e. The number of rotatable bonds is 4. The van der Waals surface area contributed by atoms with Crippen molar-refractivity contribution in [1.82, 2.24) is 9.97 Å². The quantitative estimate of drug-likeness (QED) is 0.688. The van der Waals surface area contributed by atoms with Crippen LogP contribution in [0.25, 0.3) is 0 Å². The van der Waals surface area contributed by atoms with Crippen LogP contribution < -0.4 is 10.2 Å². The fraction of sp³-hybridized carbons (Fsp3) is 0.182. The first-order valence-corrected chi connectivity index (χ1v) is 9.26. The number of fused-ring (bicyclic) bond motifs is 1. The topological polar surface area (TPSA) is 84.4 Å². The summed E-state index contributed by atoms with van der Waals surface area (Å²) in [5.41, 5.74) is 3.29. The highest BCUT2D eigenvalue weighted by Crippen LogP contribution is 2.36. The molecule has 4 rings (SSSR count). The van der Waals surface area contributed by atoms with Crippen LogP contribution in [0.4, 0.5) is 17.3 Å². The maximum atomic E-state index is 12.6. The zero-order valence-corrected chi connectivity index (χ0v) is 16.1. The number of benzene rings is 2. The summed E-state index contributed by atoms with van der Waals surface area (Å²) in [4.78, 5) is 35.4. The summed E-state index contributed by atoms with van der Waals surface area (Å²) in [6.45, 7) is 2.12. The Morgan fingerprint density at radius 2 is 1.76 bits per heavy atom.